The molecule has 0 bridgehead atoms. The first kappa shape index (κ1) is 16.1. The van der Waals surface area contributed by atoms with Crippen LogP contribution in [-0.2, 0) is 5.60 Å². The maximum Gasteiger partial charge on any atom is 0.430 e. The van der Waals surface area contributed by atoms with Gasteiger partial charge in [-0.2, -0.15) is 26.3 Å². The van der Waals surface area contributed by atoms with E-state index in [2.05, 4.69) is 20.7 Å². The third-order valence-corrected chi connectivity index (χ3v) is 2.87. The zero-order valence-electron chi connectivity index (χ0n) is 9.23. The first-order valence-electron chi connectivity index (χ1n) is 4.65. The zero-order chi connectivity index (χ0) is 15.1. The van der Waals surface area contributed by atoms with Gasteiger partial charge >= 0.3 is 12.4 Å². The van der Waals surface area contributed by atoms with Gasteiger partial charge in [-0.3, -0.25) is 0 Å². The third-order valence-electron chi connectivity index (χ3n) is 2.37. The molecule has 1 N–H and O–H groups in total. The molecule has 0 aromatic heterocycles. The van der Waals surface area contributed by atoms with Crippen molar-refractivity contribution in [2.24, 2.45) is 0 Å². The third kappa shape index (κ3) is 2.66. The lowest BCUT2D eigenvalue weighted by Gasteiger charge is -2.33. The maximum atomic E-state index is 12.7. The Morgan fingerprint density at radius 2 is 1.53 bits per heavy atom. The van der Waals surface area contributed by atoms with E-state index in [1.54, 1.807) is 0 Å². The average molecular weight is 353 g/mol. The van der Waals surface area contributed by atoms with Gasteiger partial charge in [0, 0.05) is 10.0 Å². The summed E-state index contributed by atoms with van der Waals surface area (Å²) >= 11 is 2.88. The number of benzene rings is 1. The summed E-state index contributed by atoms with van der Waals surface area (Å²) in [5.41, 5.74) is -6.41. The minimum atomic E-state index is -5.94. The normalized spacial score (nSPS) is 13.5. The molecule has 0 radical (unpaired) electrons. The topological polar surface area (TPSA) is 29.5 Å². The number of ether oxygens (including phenoxy) is 1. The van der Waals surface area contributed by atoms with Gasteiger partial charge in [0.15, 0.2) is 0 Å². The van der Waals surface area contributed by atoms with Crippen molar-refractivity contribution in [2.75, 3.05) is 7.11 Å². The fourth-order valence-electron chi connectivity index (χ4n) is 1.43. The SMILES string of the molecule is COc1cc(Br)ccc1C(O)(C(F)(F)F)C(F)(F)F. The van der Waals surface area contributed by atoms with Gasteiger partial charge in [-0.25, -0.2) is 0 Å². The smallest absolute Gasteiger partial charge is 0.430 e. The Labute approximate surface area is 112 Å². The molecule has 0 atom stereocenters. The van der Waals surface area contributed by atoms with E-state index in [4.69, 9.17) is 0 Å². The predicted molar refractivity (Wildman–Crippen MR) is 56.7 cm³/mol. The van der Waals surface area contributed by atoms with Crippen molar-refractivity contribution in [1.29, 1.82) is 0 Å². The van der Waals surface area contributed by atoms with E-state index < -0.39 is 29.3 Å². The fraction of sp³-hybridized carbons (Fsp3) is 0.400. The number of hydrogen-bond acceptors (Lipinski definition) is 2. The van der Waals surface area contributed by atoms with Crippen LogP contribution in [0.2, 0.25) is 0 Å². The zero-order valence-corrected chi connectivity index (χ0v) is 10.8. The molecule has 0 saturated heterocycles. The number of alkyl halides is 6. The Morgan fingerprint density at radius 3 is 1.89 bits per heavy atom. The second-order valence-electron chi connectivity index (χ2n) is 3.55. The number of halogens is 7. The Bertz CT molecular complexity index is 454. The highest BCUT2D eigenvalue weighted by Crippen LogP contribution is 2.52. The van der Waals surface area contributed by atoms with Crippen molar-refractivity contribution < 1.29 is 36.2 Å². The summed E-state index contributed by atoms with van der Waals surface area (Å²) in [7, 11) is 0.901. The van der Waals surface area contributed by atoms with Crippen LogP contribution in [0.25, 0.3) is 0 Å². The molecule has 0 aliphatic rings. The van der Waals surface area contributed by atoms with E-state index in [-0.39, 0.29) is 4.47 Å². The second-order valence-corrected chi connectivity index (χ2v) is 4.47. The second kappa shape index (κ2) is 4.86. The highest BCUT2D eigenvalue weighted by atomic mass is 79.9. The molecule has 1 aromatic carbocycles. The molecule has 0 aliphatic heterocycles. The van der Waals surface area contributed by atoms with Crippen molar-refractivity contribution in [2.45, 2.75) is 18.0 Å². The maximum absolute atomic E-state index is 12.7. The molecule has 0 heterocycles. The van der Waals surface area contributed by atoms with Gasteiger partial charge in [0.1, 0.15) is 5.75 Å². The molecule has 0 saturated carbocycles. The van der Waals surface area contributed by atoms with Crippen LogP contribution in [0.5, 0.6) is 5.75 Å². The quantitative estimate of drug-likeness (QED) is 0.821. The molecule has 0 amide bonds. The van der Waals surface area contributed by atoms with E-state index >= 15 is 0 Å². The van der Waals surface area contributed by atoms with Gasteiger partial charge < -0.3 is 9.84 Å². The van der Waals surface area contributed by atoms with Crippen molar-refractivity contribution in [3.05, 3.63) is 28.2 Å². The minimum absolute atomic E-state index is 0.208. The molecule has 0 spiro atoms. The van der Waals surface area contributed by atoms with Crippen molar-refractivity contribution >= 4 is 15.9 Å². The van der Waals surface area contributed by atoms with Crippen LogP contribution in [0, 0.1) is 0 Å². The fourth-order valence-corrected chi connectivity index (χ4v) is 1.77. The summed E-state index contributed by atoms with van der Waals surface area (Å²) in [5.74, 6) is -0.730. The van der Waals surface area contributed by atoms with Crippen molar-refractivity contribution in [3.8, 4) is 5.75 Å². The van der Waals surface area contributed by atoms with E-state index in [0.717, 1.165) is 19.2 Å². The Kier molecular flexibility index (Phi) is 4.12. The van der Waals surface area contributed by atoms with Crippen LogP contribution in [0.15, 0.2) is 22.7 Å². The van der Waals surface area contributed by atoms with Gasteiger partial charge in [-0.15, -0.1) is 0 Å². The minimum Gasteiger partial charge on any atom is -0.496 e. The molecule has 0 unspecified atom stereocenters. The molecule has 108 valence electrons. The number of aliphatic hydroxyl groups is 1. The average Bonchev–Trinajstić information content (AvgIpc) is 2.24. The lowest BCUT2D eigenvalue weighted by Crippen LogP contribution is -2.54. The van der Waals surface area contributed by atoms with Gasteiger partial charge in [0.2, 0.25) is 0 Å². The lowest BCUT2D eigenvalue weighted by atomic mass is 9.91. The monoisotopic (exact) mass is 352 g/mol. The molecular weight excluding hydrogens is 346 g/mol. The van der Waals surface area contributed by atoms with Gasteiger partial charge in [0.05, 0.1) is 7.11 Å². The molecule has 1 rings (SSSR count). The molecule has 0 fully saturated rings. The summed E-state index contributed by atoms with van der Waals surface area (Å²) in [4.78, 5) is 0. The van der Waals surface area contributed by atoms with Crippen LogP contribution in [-0.4, -0.2) is 24.6 Å². The number of rotatable bonds is 2. The van der Waals surface area contributed by atoms with Crippen LogP contribution in [0.4, 0.5) is 26.3 Å². The summed E-state index contributed by atoms with van der Waals surface area (Å²) in [6, 6.07) is 2.35. The predicted octanol–water partition coefficient (Wildman–Crippen LogP) is 3.77. The summed E-state index contributed by atoms with van der Waals surface area (Å²) in [6.45, 7) is 0. The van der Waals surface area contributed by atoms with E-state index in [1.807, 2.05) is 0 Å². The first-order valence-corrected chi connectivity index (χ1v) is 5.44. The van der Waals surface area contributed by atoms with Gasteiger partial charge in [-0.1, -0.05) is 22.0 Å². The summed E-state index contributed by atoms with van der Waals surface area (Å²) in [6.07, 6.45) is -11.9. The molecule has 2 nitrogen and oxygen atoms in total. The largest absolute Gasteiger partial charge is 0.496 e. The van der Waals surface area contributed by atoms with E-state index in [9.17, 15) is 31.4 Å². The number of hydrogen-bond donors (Lipinski definition) is 1. The highest BCUT2D eigenvalue weighted by molar-refractivity contribution is 9.10. The Morgan fingerprint density at radius 1 is 1.05 bits per heavy atom. The molecule has 0 aliphatic carbocycles. The molecular formula is C10H7BrF6O2. The van der Waals surface area contributed by atoms with Crippen LogP contribution < -0.4 is 4.74 Å². The highest BCUT2D eigenvalue weighted by Gasteiger charge is 2.72. The lowest BCUT2D eigenvalue weighted by molar-refractivity contribution is -0.376. The van der Waals surface area contributed by atoms with Crippen LogP contribution in [0.3, 0.4) is 0 Å². The van der Waals surface area contributed by atoms with Crippen molar-refractivity contribution in [3.63, 3.8) is 0 Å². The van der Waals surface area contributed by atoms with E-state index in [1.165, 1.54) is 0 Å². The first-order chi connectivity index (χ1) is 8.45. The standard InChI is InChI=1S/C10H7BrF6O2/c1-19-7-4-5(11)2-3-6(7)8(18,9(12,13)14)10(15,16)17/h2-4,18H,1H3. The van der Waals surface area contributed by atoms with Gasteiger partial charge in [0.25, 0.3) is 5.60 Å². The van der Waals surface area contributed by atoms with Crippen LogP contribution in [0.1, 0.15) is 5.56 Å². The summed E-state index contributed by atoms with van der Waals surface area (Å²) < 4.78 is 80.7. The Balaban J connectivity index is 3.61. The number of methoxy groups -OCH3 is 1. The summed E-state index contributed by atoms with van der Waals surface area (Å²) in [5, 5.41) is 9.21. The van der Waals surface area contributed by atoms with Crippen molar-refractivity contribution in [1.82, 2.24) is 0 Å². The van der Waals surface area contributed by atoms with Gasteiger partial charge in [-0.05, 0) is 12.1 Å². The van der Waals surface area contributed by atoms with E-state index in [0.29, 0.717) is 6.07 Å². The van der Waals surface area contributed by atoms with Crippen LogP contribution >= 0.6 is 15.9 Å². The molecule has 9 heteroatoms. The molecule has 1 aromatic rings. The molecule has 19 heavy (non-hydrogen) atoms. The Hall–Kier alpha value is -0.960.